The maximum Gasteiger partial charge on any atom is 0.219 e. The number of rotatable bonds is 5. The second kappa shape index (κ2) is 9.24. The van der Waals surface area contributed by atoms with Gasteiger partial charge in [-0.3, -0.25) is 4.79 Å². The molecule has 1 unspecified atom stereocenters. The lowest BCUT2D eigenvalue weighted by Crippen LogP contribution is -2.28. The van der Waals surface area contributed by atoms with Crippen LogP contribution < -0.4 is 14.8 Å². The number of amides is 1. The zero-order valence-electron chi connectivity index (χ0n) is 15.7. The van der Waals surface area contributed by atoms with Crippen molar-refractivity contribution in [1.29, 1.82) is 0 Å². The number of hydrogen-bond donors (Lipinski definition) is 1. The average molecular weight is 372 g/mol. The van der Waals surface area contributed by atoms with Gasteiger partial charge in [-0.15, -0.1) is 0 Å². The van der Waals surface area contributed by atoms with Crippen molar-refractivity contribution in [3.05, 3.63) is 78.5 Å². The monoisotopic (exact) mass is 372 g/mol. The summed E-state index contributed by atoms with van der Waals surface area (Å²) in [4.78, 5) is 15.2. The quantitative estimate of drug-likeness (QED) is 0.668. The van der Waals surface area contributed by atoms with Crippen LogP contribution in [0.15, 0.2) is 72.9 Å². The van der Waals surface area contributed by atoms with E-state index < -0.39 is 0 Å². The van der Waals surface area contributed by atoms with Gasteiger partial charge in [0, 0.05) is 24.8 Å². The van der Waals surface area contributed by atoms with E-state index in [1.807, 2.05) is 67.6 Å². The highest BCUT2D eigenvalue weighted by Crippen LogP contribution is 2.25. The van der Waals surface area contributed by atoms with E-state index in [9.17, 15) is 4.79 Å². The molecule has 0 aliphatic rings. The Morgan fingerprint density at radius 1 is 0.929 bits per heavy atom. The number of nitrogens with one attached hydrogen (secondary N) is 1. The molecule has 0 spiro atoms. The van der Waals surface area contributed by atoms with E-state index in [4.69, 9.17) is 9.47 Å². The number of nitrogens with zero attached hydrogens (tertiary/aromatic N) is 1. The first-order valence-corrected chi connectivity index (χ1v) is 8.84. The molecule has 1 heterocycles. The predicted molar refractivity (Wildman–Crippen MR) is 107 cm³/mol. The van der Waals surface area contributed by atoms with Gasteiger partial charge in [0.1, 0.15) is 17.2 Å². The summed E-state index contributed by atoms with van der Waals surface area (Å²) in [5.41, 5.74) is 0.746. The molecular weight excluding hydrogens is 352 g/mol. The molecule has 5 nitrogen and oxygen atoms in total. The molecule has 0 aliphatic heterocycles. The van der Waals surface area contributed by atoms with Crippen molar-refractivity contribution < 1.29 is 14.3 Å². The van der Waals surface area contributed by atoms with Crippen LogP contribution in [0.5, 0.6) is 23.1 Å². The molecule has 3 rings (SSSR count). The molecule has 0 fully saturated rings. The second-order valence-corrected chi connectivity index (χ2v) is 6.07. The molecule has 0 saturated carbocycles. The van der Waals surface area contributed by atoms with Crippen molar-refractivity contribution in [3.63, 3.8) is 0 Å². The number of para-hydroxylation sites is 1. The molecule has 0 saturated heterocycles. The maximum absolute atomic E-state index is 11.0. The van der Waals surface area contributed by atoms with E-state index in [-0.39, 0.29) is 11.9 Å². The number of carbonyl (C=O) groups excluding carboxylic acids is 1. The topological polar surface area (TPSA) is 60.5 Å². The maximum atomic E-state index is 11.0. The summed E-state index contributed by atoms with van der Waals surface area (Å²) in [5.74, 6) is 8.45. The van der Waals surface area contributed by atoms with Crippen LogP contribution in [0.4, 0.5) is 0 Å². The summed E-state index contributed by atoms with van der Waals surface area (Å²) in [7, 11) is 0. The number of aromatic nitrogens is 1. The Balaban J connectivity index is 1.58. The van der Waals surface area contributed by atoms with Gasteiger partial charge in [-0.25, -0.2) is 4.98 Å². The molecule has 0 bridgehead atoms. The van der Waals surface area contributed by atoms with Crippen molar-refractivity contribution in [2.45, 2.75) is 19.9 Å². The van der Waals surface area contributed by atoms with Crippen LogP contribution >= 0.6 is 0 Å². The number of hydrogen-bond acceptors (Lipinski definition) is 4. The predicted octanol–water partition coefficient (Wildman–Crippen LogP) is 4.54. The standard InChI is InChI=1S/C23H20N2O3/c1-17(25-18(2)26)8-9-19-10-15-23(24-16-19)28-22-13-11-21(12-14-22)27-20-6-4-3-5-7-20/h3-7,10-17H,1-2H3,(H,25,26). The third-order valence-corrected chi connectivity index (χ3v) is 3.61. The lowest BCUT2D eigenvalue weighted by atomic mass is 10.2. The number of ether oxygens (including phenoxy) is 2. The SMILES string of the molecule is CC(=O)NC(C)C#Cc1ccc(Oc2ccc(Oc3ccccc3)cc2)nc1. The van der Waals surface area contributed by atoms with Crippen molar-refractivity contribution in [3.8, 4) is 35.0 Å². The summed E-state index contributed by atoms with van der Waals surface area (Å²) >= 11 is 0. The molecule has 1 N–H and O–H groups in total. The van der Waals surface area contributed by atoms with Gasteiger partial charge < -0.3 is 14.8 Å². The van der Waals surface area contributed by atoms with Gasteiger partial charge in [-0.1, -0.05) is 30.0 Å². The molecule has 0 aliphatic carbocycles. The minimum Gasteiger partial charge on any atom is -0.457 e. The van der Waals surface area contributed by atoms with Crippen molar-refractivity contribution in [2.24, 2.45) is 0 Å². The number of pyridine rings is 1. The summed E-state index contributed by atoms with van der Waals surface area (Å²) in [6, 6.07) is 20.3. The van der Waals surface area contributed by atoms with Crippen molar-refractivity contribution >= 4 is 5.91 Å². The lowest BCUT2D eigenvalue weighted by molar-refractivity contribution is -0.119. The molecule has 2 aromatic carbocycles. The highest BCUT2D eigenvalue weighted by atomic mass is 16.5. The Morgan fingerprint density at radius 2 is 1.57 bits per heavy atom. The fraction of sp³-hybridized carbons (Fsp3) is 0.130. The van der Waals surface area contributed by atoms with Gasteiger partial charge in [0.2, 0.25) is 11.8 Å². The zero-order chi connectivity index (χ0) is 19.8. The normalized spacial score (nSPS) is 10.9. The fourth-order valence-electron chi connectivity index (χ4n) is 2.37. The molecule has 5 heteroatoms. The Labute approximate surface area is 164 Å². The molecule has 0 radical (unpaired) electrons. The summed E-state index contributed by atoms with van der Waals surface area (Å²) in [6.07, 6.45) is 1.63. The Hall–Kier alpha value is -3.78. The lowest BCUT2D eigenvalue weighted by Gasteiger charge is -2.07. The van der Waals surface area contributed by atoms with Gasteiger partial charge in [0.05, 0.1) is 6.04 Å². The van der Waals surface area contributed by atoms with E-state index in [0.29, 0.717) is 11.6 Å². The van der Waals surface area contributed by atoms with E-state index in [0.717, 1.165) is 17.1 Å². The van der Waals surface area contributed by atoms with Crippen LogP contribution in [-0.4, -0.2) is 16.9 Å². The van der Waals surface area contributed by atoms with Crippen molar-refractivity contribution in [1.82, 2.24) is 10.3 Å². The molecule has 1 amide bonds. The van der Waals surface area contributed by atoms with E-state index >= 15 is 0 Å². The van der Waals surface area contributed by atoms with Gasteiger partial charge in [-0.2, -0.15) is 0 Å². The number of benzene rings is 2. The van der Waals surface area contributed by atoms with Gasteiger partial charge in [-0.05, 0) is 49.4 Å². The smallest absolute Gasteiger partial charge is 0.219 e. The first-order chi connectivity index (χ1) is 13.6. The van der Waals surface area contributed by atoms with Crippen molar-refractivity contribution in [2.75, 3.05) is 0 Å². The van der Waals surface area contributed by atoms with E-state index in [2.05, 4.69) is 22.1 Å². The van der Waals surface area contributed by atoms with Gasteiger partial charge in [0.15, 0.2) is 0 Å². The zero-order valence-corrected chi connectivity index (χ0v) is 15.7. The third-order valence-electron chi connectivity index (χ3n) is 3.61. The van der Waals surface area contributed by atoms with Crippen LogP contribution in [0.2, 0.25) is 0 Å². The third kappa shape index (κ3) is 5.89. The Kier molecular flexibility index (Phi) is 6.27. The van der Waals surface area contributed by atoms with E-state index in [1.165, 1.54) is 6.92 Å². The van der Waals surface area contributed by atoms with Crippen LogP contribution in [0.3, 0.4) is 0 Å². The molecule has 1 aromatic heterocycles. The first-order valence-electron chi connectivity index (χ1n) is 8.84. The van der Waals surface area contributed by atoms with Crippen LogP contribution in [0.1, 0.15) is 19.4 Å². The second-order valence-electron chi connectivity index (χ2n) is 6.07. The Morgan fingerprint density at radius 3 is 2.18 bits per heavy atom. The minimum absolute atomic E-state index is 0.108. The molecular formula is C23H20N2O3. The highest BCUT2D eigenvalue weighted by molar-refractivity contribution is 5.73. The molecule has 1 atom stereocenters. The van der Waals surface area contributed by atoms with Crippen LogP contribution in [0, 0.1) is 11.8 Å². The molecule has 140 valence electrons. The van der Waals surface area contributed by atoms with Crippen LogP contribution in [0.25, 0.3) is 0 Å². The summed E-state index contributed by atoms with van der Waals surface area (Å²) in [6.45, 7) is 3.29. The average Bonchev–Trinajstić information content (AvgIpc) is 2.69. The largest absolute Gasteiger partial charge is 0.457 e. The van der Waals surface area contributed by atoms with Crippen LogP contribution in [-0.2, 0) is 4.79 Å². The minimum atomic E-state index is -0.218. The van der Waals surface area contributed by atoms with Gasteiger partial charge >= 0.3 is 0 Å². The number of carbonyl (C=O) groups is 1. The van der Waals surface area contributed by atoms with E-state index in [1.54, 1.807) is 12.3 Å². The summed E-state index contributed by atoms with van der Waals surface area (Å²) < 4.78 is 11.5. The summed E-state index contributed by atoms with van der Waals surface area (Å²) in [5, 5.41) is 2.71. The molecule has 3 aromatic rings. The molecule has 28 heavy (non-hydrogen) atoms. The highest BCUT2D eigenvalue weighted by Gasteiger charge is 2.02. The first kappa shape index (κ1) is 19.0. The van der Waals surface area contributed by atoms with Gasteiger partial charge in [0.25, 0.3) is 0 Å². The Bertz CT molecular complexity index is 972. The fourth-order valence-corrected chi connectivity index (χ4v) is 2.37.